The van der Waals surface area contributed by atoms with Crippen molar-refractivity contribution in [3.8, 4) is 11.5 Å². The fraction of sp³-hybridized carbons (Fsp3) is 0.217. The highest BCUT2D eigenvalue weighted by atomic mass is 32.2. The zero-order chi connectivity index (χ0) is 21.0. The Morgan fingerprint density at radius 2 is 1.41 bits per heavy atom. The number of hydrogen-bond acceptors (Lipinski definition) is 4. The van der Waals surface area contributed by atoms with E-state index in [-0.39, 0.29) is 11.4 Å². The van der Waals surface area contributed by atoms with Crippen molar-refractivity contribution in [2.24, 2.45) is 0 Å². The SMILES string of the molecule is COc1cc(CN(c2cccc(C)c2)S(=O)(=O)c2ccc(C)cc2)cc(OC)c1. The van der Waals surface area contributed by atoms with Crippen LogP contribution in [-0.2, 0) is 16.6 Å². The largest absolute Gasteiger partial charge is 0.497 e. The van der Waals surface area contributed by atoms with Crippen molar-refractivity contribution < 1.29 is 17.9 Å². The van der Waals surface area contributed by atoms with Crippen molar-refractivity contribution in [3.05, 3.63) is 83.4 Å². The van der Waals surface area contributed by atoms with Gasteiger partial charge in [-0.2, -0.15) is 0 Å². The maximum absolute atomic E-state index is 13.5. The normalized spacial score (nSPS) is 11.2. The molecule has 152 valence electrons. The van der Waals surface area contributed by atoms with Gasteiger partial charge in [0.15, 0.2) is 0 Å². The van der Waals surface area contributed by atoms with Gasteiger partial charge in [-0.3, -0.25) is 4.31 Å². The Hall–Kier alpha value is -2.99. The van der Waals surface area contributed by atoms with Crippen molar-refractivity contribution >= 4 is 15.7 Å². The molecule has 3 rings (SSSR count). The van der Waals surface area contributed by atoms with Crippen molar-refractivity contribution in [1.82, 2.24) is 0 Å². The number of methoxy groups -OCH3 is 2. The van der Waals surface area contributed by atoms with Crippen molar-refractivity contribution in [3.63, 3.8) is 0 Å². The van der Waals surface area contributed by atoms with Crippen LogP contribution >= 0.6 is 0 Å². The highest BCUT2D eigenvalue weighted by Gasteiger charge is 2.25. The van der Waals surface area contributed by atoms with Gasteiger partial charge < -0.3 is 9.47 Å². The summed E-state index contributed by atoms with van der Waals surface area (Å²) in [5.41, 5.74) is 3.35. The van der Waals surface area contributed by atoms with E-state index in [1.54, 1.807) is 50.6 Å². The predicted molar refractivity (Wildman–Crippen MR) is 115 cm³/mol. The van der Waals surface area contributed by atoms with Crippen LogP contribution in [0.2, 0.25) is 0 Å². The molecule has 0 aliphatic rings. The van der Waals surface area contributed by atoms with E-state index in [0.717, 1.165) is 16.7 Å². The monoisotopic (exact) mass is 411 g/mol. The summed E-state index contributed by atoms with van der Waals surface area (Å²) in [6, 6.07) is 19.7. The van der Waals surface area contributed by atoms with Gasteiger partial charge in [0.05, 0.1) is 31.3 Å². The molecule has 3 aromatic carbocycles. The van der Waals surface area contributed by atoms with Crippen molar-refractivity contribution in [2.45, 2.75) is 25.3 Å². The van der Waals surface area contributed by atoms with E-state index in [1.807, 2.05) is 44.2 Å². The maximum atomic E-state index is 13.5. The summed E-state index contributed by atoms with van der Waals surface area (Å²) in [5, 5.41) is 0. The lowest BCUT2D eigenvalue weighted by atomic mass is 10.1. The van der Waals surface area contributed by atoms with E-state index in [1.165, 1.54) is 4.31 Å². The first-order valence-electron chi connectivity index (χ1n) is 9.21. The third kappa shape index (κ3) is 4.71. The Morgan fingerprint density at radius 3 is 1.97 bits per heavy atom. The molecule has 29 heavy (non-hydrogen) atoms. The van der Waals surface area contributed by atoms with Crippen LogP contribution in [0.3, 0.4) is 0 Å². The molecule has 5 nitrogen and oxygen atoms in total. The van der Waals surface area contributed by atoms with Crippen LogP contribution in [0.15, 0.2) is 71.6 Å². The molecule has 6 heteroatoms. The molecule has 0 spiro atoms. The molecule has 0 amide bonds. The van der Waals surface area contributed by atoms with Gasteiger partial charge in [-0.1, -0.05) is 29.8 Å². The number of sulfonamides is 1. The summed E-state index contributed by atoms with van der Waals surface area (Å²) < 4.78 is 39.2. The molecular weight excluding hydrogens is 386 g/mol. The van der Waals surface area contributed by atoms with Crippen molar-refractivity contribution in [2.75, 3.05) is 18.5 Å². The Kier molecular flexibility index (Phi) is 6.13. The van der Waals surface area contributed by atoms with E-state index < -0.39 is 10.0 Å². The third-order valence-corrected chi connectivity index (χ3v) is 6.42. The van der Waals surface area contributed by atoms with Crippen LogP contribution in [0.1, 0.15) is 16.7 Å². The van der Waals surface area contributed by atoms with Crippen LogP contribution in [0.4, 0.5) is 5.69 Å². The third-order valence-electron chi connectivity index (χ3n) is 4.64. The van der Waals surface area contributed by atoms with Gasteiger partial charge in [-0.05, 0) is 61.4 Å². The van der Waals surface area contributed by atoms with Gasteiger partial charge in [0.1, 0.15) is 11.5 Å². The van der Waals surface area contributed by atoms with E-state index in [9.17, 15) is 8.42 Å². The molecule has 0 unspecified atom stereocenters. The topological polar surface area (TPSA) is 55.8 Å². The van der Waals surface area contributed by atoms with Crippen LogP contribution in [0.25, 0.3) is 0 Å². The zero-order valence-corrected chi connectivity index (χ0v) is 17.9. The highest BCUT2D eigenvalue weighted by Crippen LogP contribution is 2.29. The smallest absolute Gasteiger partial charge is 0.264 e. The summed E-state index contributed by atoms with van der Waals surface area (Å²) in [5.74, 6) is 1.22. The Bertz CT molecular complexity index is 1070. The van der Waals surface area contributed by atoms with Gasteiger partial charge in [0, 0.05) is 6.07 Å². The molecule has 0 saturated heterocycles. The standard InChI is InChI=1S/C23H25NO4S/c1-17-8-10-23(11-9-17)29(25,26)24(20-7-5-6-18(2)12-20)16-19-13-21(27-3)15-22(14-19)28-4/h5-15H,16H2,1-4H3. The minimum atomic E-state index is -3.77. The molecular formula is C23H25NO4S. The summed E-state index contributed by atoms with van der Waals surface area (Å²) in [6.07, 6.45) is 0. The number of anilines is 1. The van der Waals surface area contributed by atoms with Crippen LogP contribution in [0, 0.1) is 13.8 Å². The van der Waals surface area contributed by atoms with Crippen LogP contribution < -0.4 is 13.8 Å². The van der Waals surface area contributed by atoms with Gasteiger partial charge in [0.25, 0.3) is 10.0 Å². The average molecular weight is 412 g/mol. The molecule has 0 heterocycles. The summed E-state index contributed by atoms with van der Waals surface area (Å²) in [4.78, 5) is 0.250. The zero-order valence-electron chi connectivity index (χ0n) is 17.0. The fourth-order valence-corrected chi connectivity index (χ4v) is 4.50. The first-order valence-corrected chi connectivity index (χ1v) is 10.7. The lowest BCUT2D eigenvalue weighted by molar-refractivity contribution is 0.393. The fourth-order valence-electron chi connectivity index (χ4n) is 3.06. The lowest BCUT2D eigenvalue weighted by Gasteiger charge is -2.25. The molecule has 0 radical (unpaired) electrons. The summed E-state index contributed by atoms with van der Waals surface area (Å²) >= 11 is 0. The number of hydrogen-bond donors (Lipinski definition) is 0. The van der Waals surface area contributed by atoms with Gasteiger partial charge in [0.2, 0.25) is 0 Å². The van der Waals surface area contributed by atoms with E-state index in [4.69, 9.17) is 9.47 Å². The molecule has 0 N–H and O–H groups in total. The van der Waals surface area contributed by atoms with Crippen molar-refractivity contribution in [1.29, 1.82) is 0 Å². The minimum absolute atomic E-state index is 0.146. The summed E-state index contributed by atoms with van der Waals surface area (Å²) in [7, 11) is -0.635. The molecule has 0 atom stereocenters. The quantitative estimate of drug-likeness (QED) is 0.565. The molecule has 0 aromatic heterocycles. The number of ether oxygens (including phenoxy) is 2. The molecule has 0 bridgehead atoms. The Labute approximate surface area is 172 Å². The molecule has 0 saturated carbocycles. The Morgan fingerprint density at radius 1 is 0.793 bits per heavy atom. The number of aryl methyl sites for hydroxylation is 2. The van der Waals surface area contributed by atoms with E-state index in [0.29, 0.717) is 17.2 Å². The van der Waals surface area contributed by atoms with Gasteiger partial charge >= 0.3 is 0 Å². The molecule has 0 fully saturated rings. The number of nitrogens with zero attached hydrogens (tertiary/aromatic N) is 1. The minimum Gasteiger partial charge on any atom is -0.497 e. The first kappa shape index (κ1) is 20.7. The van der Waals surface area contributed by atoms with Gasteiger partial charge in [-0.25, -0.2) is 8.42 Å². The Balaban J connectivity index is 2.10. The first-order chi connectivity index (χ1) is 13.8. The average Bonchev–Trinajstić information content (AvgIpc) is 2.71. The van der Waals surface area contributed by atoms with E-state index >= 15 is 0 Å². The second-order valence-electron chi connectivity index (χ2n) is 6.88. The second kappa shape index (κ2) is 8.57. The second-order valence-corrected chi connectivity index (χ2v) is 8.75. The number of benzene rings is 3. The van der Waals surface area contributed by atoms with Gasteiger partial charge in [-0.15, -0.1) is 0 Å². The predicted octanol–water partition coefficient (Wildman–Crippen LogP) is 4.72. The van der Waals surface area contributed by atoms with E-state index in [2.05, 4.69) is 0 Å². The maximum Gasteiger partial charge on any atom is 0.264 e. The molecule has 0 aliphatic heterocycles. The van der Waals surface area contributed by atoms with Crippen LogP contribution in [0.5, 0.6) is 11.5 Å². The van der Waals surface area contributed by atoms with Crippen LogP contribution in [-0.4, -0.2) is 22.6 Å². The molecule has 0 aliphatic carbocycles. The lowest BCUT2D eigenvalue weighted by Crippen LogP contribution is -2.30. The summed E-state index contributed by atoms with van der Waals surface area (Å²) in [6.45, 7) is 4.01. The highest BCUT2D eigenvalue weighted by molar-refractivity contribution is 7.92. The number of rotatable bonds is 7. The molecule has 3 aromatic rings.